The molecule has 0 aromatic carbocycles. The van der Waals surface area contributed by atoms with Crippen molar-refractivity contribution >= 4 is 29.1 Å². The number of pyridine rings is 1. The Labute approximate surface area is 149 Å². The minimum Gasteiger partial charge on any atom is -0.475 e. The predicted octanol–water partition coefficient (Wildman–Crippen LogP) is 1.49. The topological polar surface area (TPSA) is 112 Å². The molecule has 0 spiro atoms. The van der Waals surface area contributed by atoms with Crippen molar-refractivity contribution in [1.82, 2.24) is 19.9 Å². The lowest BCUT2D eigenvalue weighted by Gasteiger charge is -2.11. The number of urea groups is 1. The smallest absolute Gasteiger partial charge is 0.325 e. The van der Waals surface area contributed by atoms with Crippen LogP contribution >= 0.6 is 11.6 Å². The molecule has 0 aliphatic rings. The van der Waals surface area contributed by atoms with Crippen LogP contribution in [0.1, 0.15) is 5.56 Å². The lowest BCUT2D eigenvalue weighted by molar-refractivity contribution is 0.253. The van der Waals surface area contributed by atoms with Crippen molar-refractivity contribution in [1.29, 1.82) is 0 Å². The molecule has 10 heteroatoms. The van der Waals surface area contributed by atoms with Crippen molar-refractivity contribution in [3.8, 4) is 5.88 Å². The Balaban J connectivity index is 1.97. The summed E-state index contributed by atoms with van der Waals surface area (Å²) in [5.74, 6) is 0.705. The molecule has 3 N–H and O–H groups in total. The second kappa shape index (κ2) is 9.00. The molecule has 2 aromatic rings. The third kappa shape index (κ3) is 6.05. The molecule has 0 aliphatic heterocycles. The molecule has 134 valence electrons. The van der Waals surface area contributed by atoms with Gasteiger partial charge in [-0.05, 0) is 25.7 Å². The van der Waals surface area contributed by atoms with Crippen LogP contribution in [0.2, 0.25) is 0 Å². The molecule has 0 saturated carbocycles. The summed E-state index contributed by atoms with van der Waals surface area (Å²) in [6.45, 7) is 1.16. The van der Waals surface area contributed by atoms with Crippen LogP contribution in [-0.4, -0.2) is 53.1 Å². The maximum absolute atomic E-state index is 12.0. The third-order valence-electron chi connectivity index (χ3n) is 3.01. The van der Waals surface area contributed by atoms with Crippen molar-refractivity contribution in [2.75, 3.05) is 37.9 Å². The lowest BCUT2D eigenvalue weighted by Crippen LogP contribution is -2.25. The zero-order valence-electron chi connectivity index (χ0n) is 13.9. The van der Waals surface area contributed by atoms with Crippen LogP contribution in [0.15, 0.2) is 29.5 Å². The number of hydrogen-bond donors (Lipinski definition) is 3. The number of carbonyl (C=O) groups is 1. The Morgan fingerprint density at radius 1 is 1.36 bits per heavy atom. The summed E-state index contributed by atoms with van der Waals surface area (Å²) in [6, 6.07) is 0.870. The highest BCUT2D eigenvalue weighted by molar-refractivity contribution is 6.17. The number of aromatic amines is 1. The normalized spacial score (nSPS) is 10.6. The van der Waals surface area contributed by atoms with Gasteiger partial charge in [-0.25, -0.2) is 4.79 Å². The van der Waals surface area contributed by atoms with Gasteiger partial charge in [-0.2, -0.15) is 4.98 Å². The first kappa shape index (κ1) is 18.7. The van der Waals surface area contributed by atoms with Crippen molar-refractivity contribution in [3.63, 3.8) is 0 Å². The fourth-order valence-corrected chi connectivity index (χ4v) is 1.93. The summed E-state index contributed by atoms with van der Waals surface area (Å²) in [5.41, 5.74) is 0.325. The molecule has 25 heavy (non-hydrogen) atoms. The minimum absolute atomic E-state index is 0.0852. The molecule has 0 fully saturated rings. The standard InChI is InChI=1S/C15H19ClN6O3/c1-22(2)3-4-25-13-9-17-8-12(20-13)21-15(24)19-11-5-10(6-16)7-18-14(11)23/h5,7-9H,3-4,6H2,1-2H3,(H,18,23)(H2,19,20,21,24). The molecular formula is C15H19ClN6O3. The van der Waals surface area contributed by atoms with Crippen molar-refractivity contribution < 1.29 is 9.53 Å². The van der Waals surface area contributed by atoms with Crippen LogP contribution < -0.4 is 20.9 Å². The van der Waals surface area contributed by atoms with E-state index >= 15 is 0 Å². The van der Waals surface area contributed by atoms with Gasteiger partial charge >= 0.3 is 6.03 Å². The van der Waals surface area contributed by atoms with Crippen LogP contribution in [0.3, 0.4) is 0 Å². The first-order chi connectivity index (χ1) is 12.0. The first-order valence-corrected chi connectivity index (χ1v) is 7.96. The van der Waals surface area contributed by atoms with Gasteiger partial charge in [-0.15, -0.1) is 11.6 Å². The molecule has 0 radical (unpaired) electrons. The van der Waals surface area contributed by atoms with E-state index in [1.54, 1.807) is 0 Å². The second-order valence-electron chi connectivity index (χ2n) is 5.36. The number of nitrogens with one attached hydrogen (secondary N) is 3. The highest BCUT2D eigenvalue weighted by Gasteiger charge is 2.09. The van der Waals surface area contributed by atoms with E-state index in [-0.39, 0.29) is 17.4 Å². The molecule has 2 aromatic heterocycles. The Kier molecular flexibility index (Phi) is 6.72. The molecule has 2 heterocycles. The number of halogens is 1. The predicted molar refractivity (Wildman–Crippen MR) is 95.3 cm³/mol. The van der Waals surface area contributed by atoms with Gasteiger partial charge in [-0.1, -0.05) is 0 Å². The van der Waals surface area contributed by atoms with Crippen LogP contribution in [0.25, 0.3) is 0 Å². The maximum atomic E-state index is 12.0. The Morgan fingerprint density at radius 2 is 2.16 bits per heavy atom. The summed E-state index contributed by atoms with van der Waals surface area (Å²) in [6.07, 6.45) is 4.31. The first-order valence-electron chi connectivity index (χ1n) is 7.43. The van der Waals surface area contributed by atoms with Crippen molar-refractivity contribution in [3.05, 3.63) is 40.6 Å². The number of aromatic nitrogens is 3. The van der Waals surface area contributed by atoms with Gasteiger partial charge in [0.05, 0.1) is 12.4 Å². The lowest BCUT2D eigenvalue weighted by atomic mass is 10.3. The van der Waals surface area contributed by atoms with E-state index in [0.717, 1.165) is 6.54 Å². The fourth-order valence-electron chi connectivity index (χ4n) is 1.78. The van der Waals surface area contributed by atoms with E-state index in [1.807, 2.05) is 19.0 Å². The molecule has 9 nitrogen and oxygen atoms in total. The summed E-state index contributed by atoms with van der Waals surface area (Å²) >= 11 is 5.71. The maximum Gasteiger partial charge on any atom is 0.325 e. The SMILES string of the molecule is CN(C)CCOc1cncc(NC(=O)Nc2cc(CCl)c[nH]c2=O)n1. The quantitative estimate of drug-likeness (QED) is 0.640. The Hall–Kier alpha value is -2.65. The average molecular weight is 367 g/mol. The molecule has 0 aliphatic carbocycles. The summed E-state index contributed by atoms with van der Waals surface area (Å²) in [7, 11) is 3.86. The van der Waals surface area contributed by atoms with Crippen LogP contribution in [0, 0.1) is 0 Å². The van der Waals surface area contributed by atoms with Crippen LogP contribution in [0.4, 0.5) is 16.3 Å². The zero-order chi connectivity index (χ0) is 18.2. The van der Waals surface area contributed by atoms with E-state index in [4.69, 9.17) is 16.3 Å². The van der Waals surface area contributed by atoms with Gasteiger partial charge in [0.2, 0.25) is 5.88 Å². The average Bonchev–Trinajstić information content (AvgIpc) is 2.57. The second-order valence-corrected chi connectivity index (χ2v) is 5.63. The summed E-state index contributed by atoms with van der Waals surface area (Å²) < 4.78 is 5.45. The van der Waals surface area contributed by atoms with Crippen LogP contribution in [0.5, 0.6) is 5.88 Å². The summed E-state index contributed by atoms with van der Waals surface area (Å²) in [5, 5.41) is 4.94. The van der Waals surface area contributed by atoms with E-state index in [1.165, 1.54) is 24.7 Å². The number of alkyl halides is 1. The van der Waals surface area contributed by atoms with Gasteiger partial charge in [0.25, 0.3) is 5.56 Å². The van der Waals surface area contributed by atoms with Crippen molar-refractivity contribution in [2.45, 2.75) is 5.88 Å². The molecule has 2 amide bonds. The monoisotopic (exact) mass is 366 g/mol. The van der Waals surface area contributed by atoms with Gasteiger partial charge in [0.1, 0.15) is 12.3 Å². The highest BCUT2D eigenvalue weighted by atomic mass is 35.5. The number of ether oxygens (including phenoxy) is 1. The number of carbonyl (C=O) groups excluding carboxylic acids is 1. The van der Waals surface area contributed by atoms with Gasteiger partial charge in [-0.3, -0.25) is 15.1 Å². The molecule has 0 atom stereocenters. The zero-order valence-corrected chi connectivity index (χ0v) is 14.6. The van der Waals surface area contributed by atoms with Gasteiger partial charge < -0.3 is 19.9 Å². The number of amides is 2. The molecule has 0 unspecified atom stereocenters. The van der Waals surface area contributed by atoms with E-state index in [9.17, 15) is 9.59 Å². The van der Waals surface area contributed by atoms with E-state index < -0.39 is 11.6 Å². The number of H-pyrrole nitrogens is 1. The van der Waals surface area contributed by atoms with Gasteiger partial charge in [0, 0.05) is 18.6 Å². The highest BCUT2D eigenvalue weighted by Crippen LogP contribution is 2.10. The Bertz CT molecular complexity index is 780. The molecular weight excluding hydrogens is 348 g/mol. The largest absolute Gasteiger partial charge is 0.475 e. The number of nitrogens with zero attached hydrogens (tertiary/aromatic N) is 3. The Morgan fingerprint density at radius 3 is 2.88 bits per heavy atom. The van der Waals surface area contributed by atoms with Crippen LogP contribution in [-0.2, 0) is 5.88 Å². The number of hydrogen-bond acceptors (Lipinski definition) is 6. The fraction of sp³-hybridized carbons (Fsp3) is 0.333. The minimum atomic E-state index is -0.628. The molecule has 0 bridgehead atoms. The van der Waals surface area contributed by atoms with E-state index in [0.29, 0.717) is 18.1 Å². The number of likely N-dealkylation sites (N-methyl/N-ethyl adjacent to an activating group) is 1. The third-order valence-corrected chi connectivity index (χ3v) is 3.32. The number of anilines is 2. The molecule has 2 rings (SSSR count). The number of rotatable bonds is 7. The van der Waals surface area contributed by atoms with E-state index in [2.05, 4.69) is 25.6 Å². The van der Waals surface area contributed by atoms with Gasteiger partial charge in [0.15, 0.2) is 5.82 Å². The summed E-state index contributed by atoms with van der Waals surface area (Å²) in [4.78, 5) is 36.3. The van der Waals surface area contributed by atoms with Crippen molar-refractivity contribution in [2.24, 2.45) is 0 Å². The molecule has 0 saturated heterocycles.